The quantitative estimate of drug-likeness (QED) is 0.874. The van der Waals surface area contributed by atoms with Crippen molar-refractivity contribution in [3.63, 3.8) is 0 Å². The van der Waals surface area contributed by atoms with Crippen molar-refractivity contribution in [1.82, 2.24) is 5.16 Å². The molecule has 0 radical (unpaired) electrons. The van der Waals surface area contributed by atoms with Crippen molar-refractivity contribution in [3.8, 4) is 5.75 Å². The minimum absolute atomic E-state index is 0.0105. The van der Waals surface area contributed by atoms with Crippen molar-refractivity contribution in [2.75, 3.05) is 7.11 Å². The molecule has 0 aliphatic rings. The van der Waals surface area contributed by atoms with E-state index in [0.29, 0.717) is 11.5 Å². The lowest BCUT2D eigenvalue weighted by atomic mass is 10.2. The molecule has 1 aromatic heterocycles. The van der Waals surface area contributed by atoms with Crippen molar-refractivity contribution < 1.29 is 28.3 Å². The molecule has 0 amide bonds. The summed E-state index contributed by atoms with van der Waals surface area (Å²) in [6.45, 7) is 0.297. The maximum absolute atomic E-state index is 13.6. The summed E-state index contributed by atoms with van der Waals surface area (Å²) in [7, 11) is 1.53. The monoisotopic (exact) mass is 281 g/mol. The molecule has 0 fully saturated rings. The van der Waals surface area contributed by atoms with Crippen LogP contribution in [0.3, 0.4) is 0 Å². The Balaban J connectivity index is 2.01. The number of nitrogens with zero attached hydrogens (tertiary/aromatic N) is 1. The highest BCUT2D eigenvalue weighted by Gasteiger charge is 2.10. The first-order chi connectivity index (χ1) is 9.60. The summed E-state index contributed by atoms with van der Waals surface area (Å²) in [5.41, 5.74) is 0.345. The second-order valence-electron chi connectivity index (χ2n) is 3.96. The molecule has 0 atom stereocenters. The third-order valence-corrected chi connectivity index (χ3v) is 2.45. The van der Waals surface area contributed by atoms with E-state index >= 15 is 0 Å². The Morgan fingerprint density at radius 2 is 2.20 bits per heavy atom. The molecule has 1 N–H and O–H groups in total. The lowest BCUT2D eigenvalue weighted by molar-refractivity contribution is 0.0696. The number of carboxylic acids is 1. The Labute approximate surface area is 113 Å². The fourth-order valence-electron chi connectivity index (χ4n) is 1.54. The van der Waals surface area contributed by atoms with Gasteiger partial charge in [-0.05, 0) is 18.2 Å². The van der Waals surface area contributed by atoms with Gasteiger partial charge in [0.1, 0.15) is 18.9 Å². The van der Waals surface area contributed by atoms with E-state index in [9.17, 15) is 9.18 Å². The lowest BCUT2D eigenvalue weighted by Crippen LogP contribution is -2.01. The Bertz CT molecular complexity index is 611. The molecule has 0 saturated carbocycles. The average Bonchev–Trinajstić information content (AvgIpc) is 2.85. The highest BCUT2D eigenvalue weighted by atomic mass is 19.1. The zero-order valence-electron chi connectivity index (χ0n) is 10.6. The van der Waals surface area contributed by atoms with Gasteiger partial charge in [0.2, 0.25) is 0 Å². The molecule has 6 nitrogen and oxygen atoms in total. The number of rotatable bonds is 6. The smallest absolute Gasteiger partial charge is 0.335 e. The number of aromatic nitrogens is 1. The van der Waals surface area contributed by atoms with Crippen LogP contribution in [0.5, 0.6) is 5.75 Å². The molecule has 2 aromatic rings. The minimum Gasteiger partial charge on any atom is -0.484 e. The van der Waals surface area contributed by atoms with Gasteiger partial charge >= 0.3 is 5.97 Å². The number of benzene rings is 1. The summed E-state index contributed by atoms with van der Waals surface area (Å²) in [4.78, 5) is 10.7. The zero-order valence-corrected chi connectivity index (χ0v) is 10.6. The maximum atomic E-state index is 13.6. The summed E-state index contributed by atoms with van der Waals surface area (Å²) in [5.74, 6) is -1.46. The van der Waals surface area contributed by atoms with Gasteiger partial charge in [0, 0.05) is 13.2 Å². The van der Waals surface area contributed by atoms with Crippen LogP contribution < -0.4 is 4.74 Å². The first kappa shape index (κ1) is 14.0. The summed E-state index contributed by atoms with van der Waals surface area (Å²) in [5, 5.41) is 12.4. The fourth-order valence-corrected chi connectivity index (χ4v) is 1.54. The van der Waals surface area contributed by atoms with Crippen molar-refractivity contribution in [1.29, 1.82) is 0 Å². The summed E-state index contributed by atoms with van der Waals surface area (Å²) < 4.78 is 28.6. The molecule has 7 heteroatoms. The number of ether oxygens (including phenoxy) is 2. The van der Waals surface area contributed by atoms with E-state index < -0.39 is 11.8 Å². The van der Waals surface area contributed by atoms with E-state index in [1.807, 2.05) is 0 Å². The van der Waals surface area contributed by atoms with Gasteiger partial charge in [-0.15, -0.1) is 0 Å². The van der Waals surface area contributed by atoms with Crippen molar-refractivity contribution in [2.45, 2.75) is 13.2 Å². The number of halogens is 1. The molecule has 0 saturated heterocycles. The zero-order chi connectivity index (χ0) is 14.5. The highest BCUT2D eigenvalue weighted by molar-refractivity contribution is 5.87. The predicted octanol–water partition coefficient (Wildman–Crippen LogP) is 2.24. The second-order valence-corrected chi connectivity index (χ2v) is 3.96. The van der Waals surface area contributed by atoms with Gasteiger partial charge in [-0.3, -0.25) is 0 Å². The van der Waals surface area contributed by atoms with E-state index in [2.05, 4.69) is 5.16 Å². The number of carboxylic acid groups (broad SMARTS) is 1. The van der Waals surface area contributed by atoms with Crippen molar-refractivity contribution >= 4 is 5.97 Å². The number of methoxy groups -OCH3 is 1. The van der Waals surface area contributed by atoms with E-state index in [1.165, 1.54) is 19.2 Å². The Hall–Kier alpha value is -2.41. The molecule has 0 unspecified atom stereocenters. The Kier molecular flexibility index (Phi) is 4.31. The average molecular weight is 281 g/mol. The number of carbonyl (C=O) groups is 1. The molecular formula is C13H12FNO5. The van der Waals surface area contributed by atoms with Crippen LogP contribution >= 0.6 is 0 Å². The van der Waals surface area contributed by atoms with E-state index in [1.54, 1.807) is 6.07 Å². The van der Waals surface area contributed by atoms with E-state index in [4.69, 9.17) is 19.1 Å². The topological polar surface area (TPSA) is 81.8 Å². The standard InChI is InChI=1S/C13H12FNO5/c1-18-7-10-5-9(15-20-10)6-19-12-3-2-8(13(16)17)4-11(12)14/h2-5H,6-7H2,1H3,(H,16,17). The summed E-state index contributed by atoms with van der Waals surface area (Å²) in [6.07, 6.45) is 0. The largest absolute Gasteiger partial charge is 0.484 e. The van der Waals surface area contributed by atoms with Gasteiger partial charge in [-0.1, -0.05) is 5.16 Å². The maximum Gasteiger partial charge on any atom is 0.335 e. The van der Waals surface area contributed by atoms with Crippen LogP contribution in [0.4, 0.5) is 4.39 Å². The molecule has 0 aliphatic heterocycles. The highest BCUT2D eigenvalue weighted by Crippen LogP contribution is 2.19. The van der Waals surface area contributed by atoms with Gasteiger partial charge in [-0.25, -0.2) is 9.18 Å². The molecule has 1 aromatic carbocycles. The predicted molar refractivity (Wildman–Crippen MR) is 64.9 cm³/mol. The van der Waals surface area contributed by atoms with Crippen LogP contribution in [0.2, 0.25) is 0 Å². The third kappa shape index (κ3) is 3.33. The van der Waals surface area contributed by atoms with Crippen LogP contribution in [0, 0.1) is 5.82 Å². The molecule has 0 bridgehead atoms. The van der Waals surface area contributed by atoms with Gasteiger partial charge in [0.15, 0.2) is 17.3 Å². The third-order valence-electron chi connectivity index (χ3n) is 2.45. The van der Waals surface area contributed by atoms with E-state index in [-0.39, 0.29) is 24.5 Å². The van der Waals surface area contributed by atoms with Crippen LogP contribution in [0.25, 0.3) is 0 Å². The Morgan fingerprint density at radius 1 is 1.40 bits per heavy atom. The van der Waals surface area contributed by atoms with E-state index in [0.717, 1.165) is 6.07 Å². The number of hydrogen-bond acceptors (Lipinski definition) is 5. The molecule has 2 rings (SSSR count). The molecule has 0 spiro atoms. The van der Waals surface area contributed by atoms with Crippen molar-refractivity contribution in [3.05, 3.63) is 47.1 Å². The lowest BCUT2D eigenvalue weighted by Gasteiger charge is -2.05. The van der Waals surface area contributed by atoms with Gasteiger partial charge < -0.3 is 19.1 Å². The SMILES string of the molecule is COCc1cc(COc2ccc(C(=O)O)cc2F)no1. The number of hydrogen-bond donors (Lipinski definition) is 1. The molecule has 1 heterocycles. The van der Waals surface area contributed by atoms with Gasteiger partial charge in [-0.2, -0.15) is 0 Å². The summed E-state index contributed by atoms with van der Waals surface area (Å²) >= 11 is 0. The van der Waals surface area contributed by atoms with Crippen LogP contribution in [-0.2, 0) is 18.0 Å². The van der Waals surface area contributed by atoms with Crippen molar-refractivity contribution in [2.24, 2.45) is 0 Å². The minimum atomic E-state index is -1.20. The first-order valence-electron chi connectivity index (χ1n) is 5.69. The molecule has 106 valence electrons. The molecule has 20 heavy (non-hydrogen) atoms. The van der Waals surface area contributed by atoms with Crippen LogP contribution in [0.1, 0.15) is 21.8 Å². The van der Waals surface area contributed by atoms with Gasteiger partial charge in [0.25, 0.3) is 0 Å². The molecular weight excluding hydrogens is 269 g/mol. The normalized spacial score (nSPS) is 10.5. The van der Waals surface area contributed by atoms with Gasteiger partial charge in [0.05, 0.1) is 5.56 Å². The first-order valence-corrected chi connectivity index (χ1v) is 5.69. The van der Waals surface area contributed by atoms with Crippen LogP contribution in [-0.4, -0.2) is 23.3 Å². The second kappa shape index (κ2) is 6.16. The number of aromatic carboxylic acids is 1. The molecule has 0 aliphatic carbocycles. The fraction of sp³-hybridized carbons (Fsp3) is 0.231. The summed E-state index contributed by atoms with van der Waals surface area (Å²) in [6, 6.07) is 5.05. The van der Waals surface area contributed by atoms with Crippen LogP contribution in [0.15, 0.2) is 28.8 Å². The Morgan fingerprint density at radius 3 is 2.85 bits per heavy atom.